The molecule has 4 rings (SSSR count). The van der Waals surface area contributed by atoms with E-state index in [2.05, 4.69) is 52.7 Å². The Labute approximate surface area is 164 Å². The molecule has 0 saturated carbocycles. The number of rotatable bonds is 5. The van der Waals surface area contributed by atoms with Gasteiger partial charge in [0.25, 0.3) is 5.91 Å². The maximum absolute atomic E-state index is 12.6. The van der Waals surface area contributed by atoms with Crippen LogP contribution in [0, 0.1) is 0 Å². The molecule has 0 unspecified atom stereocenters. The summed E-state index contributed by atoms with van der Waals surface area (Å²) in [5.41, 5.74) is 1.92. The lowest BCUT2D eigenvalue weighted by atomic mass is 9.97. The monoisotopic (exact) mass is 378 g/mol. The molecule has 1 fully saturated rings. The first-order chi connectivity index (χ1) is 13.2. The Kier molecular flexibility index (Phi) is 5.42. The van der Waals surface area contributed by atoms with Crippen LogP contribution in [0.1, 0.15) is 34.8 Å². The fourth-order valence-corrected chi connectivity index (χ4v) is 4.05. The second-order valence-corrected chi connectivity index (χ2v) is 7.48. The molecule has 0 bridgehead atoms. The molecule has 1 atom stereocenters. The molecule has 138 valence electrons. The smallest absolute Gasteiger partial charge is 0.251 e. The molecule has 1 heterocycles. The second kappa shape index (κ2) is 8.12. The van der Waals surface area contributed by atoms with Crippen molar-refractivity contribution in [1.82, 2.24) is 10.2 Å². The molecular formula is C23H23ClN2O. The zero-order chi connectivity index (χ0) is 18.6. The Morgan fingerprint density at radius 3 is 2.44 bits per heavy atom. The molecule has 27 heavy (non-hydrogen) atoms. The van der Waals surface area contributed by atoms with Gasteiger partial charge in [0.1, 0.15) is 0 Å². The fraction of sp³-hybridized carbons (Fsp3) is 0.261. The molecule has 0 aliphatic carbocycles. The summed E-state index contributed by atoms with van der Waals surface area (Å²) in [6.45, 7) is 2.74. The van der Waals surface area contributed by atoms with Crippen LogP contribution >= 0.6 is 11.6 Å². The lowest BCUT2D eigenvalue weighted by Crippen LogP contribution is -2.36. The minimum Gasteiger partial charge on any atom is -0.350 e. The molecule has 4 heteroatoms. The number of nitrogens with zero attached hydrogens (tertiary/aromatic N) is 1. The highest BCUT2D eigenvalue weighted by molar-refractivity contribution is 6.30. The summed E-state index contributed by atoms with van der Waals surface area (Å²) in [5, 5.41) is 6.27. The van der Waals surface area contributed by atoms with Crippen molar-refractivity contribution in [3.8, 4) is 0 Å². The molecule has 0 aromatic heterocycles. The third-order valence-electron chi connectivity index (χ3n) is 5.33. The molecular weight excluding hydrogens is 356 g/mol. The summed E-state index contributed by atoms with van der Waals surface area (Å²) in [5.74, 6) is -0.0592. The number of nitrogens with one attached hydrogen (secondary N) is 1. The van der Waals surface area contributed by atoms with E-state index in [9.17, 15) is 4.79 Å². The van der Waals surface area contributed by atoms with Gasteiger partial charge in [-0.25, -0.2) is 0 Å². The molecule has 1 aliphatic rings. The topological polar surface area (TPSA) is 32.3 Å². The van der Waals surface area contributed by atoms with Crippen LogP contribution in [0.2, 0.25) is 5.02 Å². The number of hydrogen-bond donors (Lipinski definition) is 1. The number of carbonyl (C=O) groups is 1. The molecule has 3 aromatic carbocycles. The average molecular weight is 379 g/mol. The highest BCUT2D eigenvalue weighted by atomic mass is 35.5. The van der Waals surface area contributed by atoms with Crippen LogP contribution in [-0.4, -0.2) is 30.4 Å². The summed E-state index contributed by atoms with van der Waals surface area (Å²) in [4.78, 5) is 15.1. The predicted molar refractivity (Wildman–Crippen MR) is 111 cm³/mol. The van der Waals surface area contributed by atoms with Crippen molar-refractivity contribution in [1.29, 1.82) is 0 Å². The van der Waals surface area contributed by atoms with Crippen molar-refractivity contribution in [3.05, 3.63) is 82.9 Å². The van der Waals surface area contributed by atoms with Crippen molar-refractivity contribution in [2.45, 2.75) is 18.9 Å². The molecule has 0 spiro atoms. The molecule has 1 amide bonds. The van der Waals surface area contributed by atoms with Crippen LogP contribution in [0.25, 0.3) is 10.8 Å². The highest BCUT2D eigenvalue weighted by Gasteiger charge is 2.25. The van der Waals surface area contributed by atoms with Crippen molar-refractivity contribution in [3.63, 3.8) is 0 Å². The summed E-state index contributed by atoms with van der Waals surface area (Å²) in [6.07, 6.45) is 2.43. The third kappa shape index (κ3) is 4.00. The number of hydrogen-bond acceptors (Lipinski definition) is 2. The van der Waals surface area contributed by atoms with Crippen molar-refractivity contribution in [2.75, 3.05) is 19.6 Å². The largest absolute Gasteiger partial charge is 0.350 e. The number of likely N-dealkylation sites (tertiary alicyclic amines) is 1. The van der Waals surface area contributed by atoms with Gasteiger partial charge in [0.05, 0.1) is 6.04 Å². The van der Waals surface area contributed by atoms with Gasteiger partial charge in [0.2, 0.25) is 0 Å². The van der Waals surface area contributed by atoms with Crippen LogP contribution in [0.15, 0.2) is 66.7 Å². The normalized spacial score (nSPS) is 15.7. The van der Waals surface area contributed by atoms with E-state index in [1.54, 1.807) is 24.3 Å². The number of amides is 1. The van der Waals surface area contributed by atoms with Crippen LogP contribution in [-0.2, 0) is 0 Å². The second-order valence-electron chi connectivity index (χ2n) is 7.04. The van der Waals surface area contributed by atoms with Crippen molar-refractivity contribution >= 4 is 28.3 Å². The van der Waals surface area contributed by atoms with Gasteiger partial charge in [-0.05, 0) is 66.5 Å². The summed E-state index contributed by atoms with van der Waals surface area (Å²) in [7, 11) is 0. The van der Waals surface area contributed by atoms with Crippen molar-refractivity contribution < 1.29 is 4.79 Å². The zero-order valence-electron chi connectivity index (χ0n) is 15.2. The van der Waals surface area contributed by atoms with Crippen LogP contribution in [0.5, 0.6) is 0 Å². The van der Waals surface area contributed by atoms with Gasteiger partial charge in [0, 0.05) is 17.1 Å². The van der Waals surface area contributed by atoms with Crippen LogP contribution < -0.4 is 5.32 Å². The van der Waals surface area contributed by atoms with E-state index in [0.717, 1.165) is 13.1 Å². The lowest BCUT2D eigenvalue weighted by Gasteiger charge is -2.29. The summed E-state index contributed by atoms with van der Waals surface area (Å²) < 4.78 is 0. The number of halogens is 1. The highest BCUT2D eigenvalue weighted by Crippen LogP contribution is 2.30. The predicted octanol–water partition coefficient (Wildman–Crippen LogP) is 5.06. The van der Waals surface area contributed by atoms with E-state index in [1.807, 2.05) is 0 Å². The van der Waals surface area contributed by atoms with Gasteiger partial charge in [-0.15, -0.1) is 0 Å². The van der Waals surface area contributed by atoms with E-state index in [-0.39, 0.29) is 11.9 Å². The van der Waals surface area contributed by atoms with Crippen LogP contribution in [0.4, 0.5) is 0 Å². The fourth-order valence-electron chi connectivity index (χ4n) is 3.92. The maximum Gasteiger partial charge on any atom is 0.251 e. The number of carbonyl (C=O) groups excluding carboxylic acids is 1. The number of fused-ring (bicyclic) bond motifs is 1. The zero-order valence-corrected chi connectivity index (χ0v) is 16.0. The standard InChI is InChI=1S/C23H23ClN2O/c24-19-12-10-18(11-13-19)23(27)25-16-22(26-14-3-4-15-26)21-9-5-7-17-6-1-2-8-20(17)21/h1-2,5-13,22H,3-4,14-16H2,(H,25,27)/t22-/m0/s1. The van der Waals surface area contributed by atoms with E-state index in [1.165, 1.54) is 29.2 Å². The first-order valence-corrected chi connectivity index (χ1v) is 9.85. The molecule has 3 aromatic rings. The van der Waals surface area contributed by atoms with Crippen LogP contribution in [0.3, 0.4) is 0 Å². The maximum atomic E-state index is 12.6. The average Bonchev–Trinajstić information content (AvgIpc) is 3.23. The van der Waals surface area contributed by atoms with Gasteiger partial charge in [-0.2, -0.15) is 0 Å². The van der Waals surface area contributed by atoms with E-state index >= 15 is 0 Å². The first kappa shape index (κ1) is 18.0. The minimum absolute atomic E-state index is 0.0592. The van der Waals surface area contributed by atoms with E-state index < -0.39 is 0 Å². The SMILES string of the molecule is O=C(NC[C@@H](c1cccc2ccccc12)N1CCCC1)c1ccc(Cl)cc1. The third-order valence-corrected chi connectivity index (χ3v) is 5.58. The Balaban J connectivity index is 1.59. The van der Waals surface area contributed by atoms with Gasteiger partial charge in [0.15, 0.2) is 0 Å². The lowest BCUT2D eigenvalue weighted by molar-refractivity contribution is 0.0938. The van der Waals surface area contributed by atoms with Gasteiger partial charge in [-0.3, -0.25) is 9.69 Å². The van der Waals surface area contributed by atoms with Crippen molar-refractivity contribution in [2.24, 2.45) is 0 Å². The molecule has 3 nitrogen and oxygen atoms in total. The Bertz CT molecular complexity index is 927. The molecule has 1 aliphatic heterocycles. The van der Waals surface area contributed by atoms with E-state index in [4.69, 9.17) is 11.6 Å². The van der Waals surface area contributed by atoms with Gasteiger partial charge in [-0.1, -0.05) is 54.1 Å². The molecule has 1 N–H and O–H groups in total. The minimum atomic E-state index is -0.0592. The molecule has 1 saturated heterocycles. The molecule has 0 radical (unpaired) electrons. The van der Waals surface area contributed by atoms with E-state index in [0.29, 0.717) is 17.1 Å². The Morgan fingerprint density at radius 1 is 0.963 bits per heavy atom. The quantitative estimate of drug-likeness (QED) is 0.673. The Hall–Kier alpha value is -2.36. The Morgan fingerprint density at radius 2 is 1.67 bits per heavy atom. The first-order valence-electron chi connectivity index (χ1n) is 9.48. The summed E-state index contributed by atoms with van der Waals surface area (Å²) in [6, 6.07) is 22.1. The van der Waals surface area contributed by atoms with Gasteiger partial charge >= 0.3 is 0 Å². The number of benzene rings is 3. The summed E-state index contributed by atoms with van der Waals surface area (Å²) >= 11 is 5.93. The van der Waals surface area contributed by atoms with Gasteiger partial charge < -0.3 is 5.32 Å².